The Hall–Kier alpha value is -1.90. The molecule has 1 aromatic heterocycles. The predicted octanol–water partition coefficient (Wildman–Crippen LogP) is 4.37. The molecule has 28 heavy (non-hydrogen) atoms. The molecule has 0 aliphatic rings. The van der Waals surface area contributed by atoms with Gasteiger partial charge in [-0.15, -0.1) is 11.8 Å². The van der Waals surface area contributed by atoms with E-state index in [1.165, 1.54) is 23.5 Å². The van der Waals surface area contributed by atoms with Crippen molar-refractivity contribution in [3.8, 4) is 0 Å². The Morgan fingerprint density at radius 1 is 1.21 bits per heavy atom. The third-order valence-electron chi connectivity index (χ3n) is 4.43. The minimum Gasteiger partial charge on any atom is -0.317 e. The highest BCUT2D eigenvalue weighted by Crippen LogP contribution is 2.24. The van der Waals surface area contributed by atoms with Crippen LogP contribution < -0.4 is 4.80 Å². The molecule has 1 heterocycles. The standard InChI is InChI=1S/C20H22N2O3S3/c1-5-22-17-10-9-15(26-4)12-18(17)27-20(22)21-19(23)14-7-6-8-16(11-14)28(24,25)13(2)3/h6-13H,5H2,1-4H3. The number of rotatable bonds is 5. The van der Waals surface area contributed by atoms with E-state index in [9.17, 15) is 13.2 Å². The summed E-state index contributed by atoms with van der Waals surface area (Å²) in [6.45, 7) is 5.94. The fourth-order valence-corrected chi connectivity index (χ4v) is 5.55. The Bertz CT molecular complexity index is 1200. The van der Waals surface area contributed by atoms with Crippen molar-refractivity contribution in [2.75, 3.05) is 6.26 Å². The molecule has 1 amide bonds. The lowest BCUT2D eigenvalue weighted by Crippen LogP contribution is -2.17. The monoisotopic (exact) mass is 434 g/mol. The van der Waals surface area contributed by atoms with Crippen molar-refractivity contribution in [2.45, 2.75) is 42.4 Å². The zero-order valence-corrected chi connectivity index (χ0v) is 18.6. The quantitative estimate of drug-likeness (QED) is 0.559. The van der Waals surface area contributed by atoms with Crippen molar-refractivity contribution in [3.63, 3.8) is 0 Å². The van der Waals surface area contributed by atoms with Crippen LogP contribution >= 0.6 is 23.1 Å². The lowest BCUT2D eigenvalue weighted by atomic mass is 10.2. The highest BCUT2D eigenvalue weighted by Gasteiger charge is 2.20. The van der Waals surface area contributed by atoms with E-state index in [-0.39, 0.29) is 10.5 Å². The van der Waals surface area contributed by atoms with E-state index in [1.807, 2.05) is 23.8 Å². The van der Waals surface area contributed by atoms with Gasteiger partial charge in [0.1, 0.15) is 0 Å². The van der Waals surface area contributed by atoms with Crippen LogP contribution in [-0.2, 0) is 16.4 Å². The second kappa shape index (κ2) is 8.23. The number of hydrogen-bond acceptors (Lipinski definition) is 5. The maximum Gasteiger partial charge on any atom is 0.279 e. The van der Waals surface area contributed by atoms with E-state index >= 15 is 0 Å². The molecule has 0 saturated carbocycles. The average Bonchev–Trinajstić information content (AvgIpc) is 3.03. The normalized spacial score (nSPS) is 12.8. The molecule has 0 aliphatic heterocycles. The molecule has 0 N–H and O–H groups in total. The molecule has 0 saturated heterocycles. The fraction of sp³-hybridized carbons (Fsp3) is 0.300. The number of sulfone groups is 1. The summed E-state index contributed by atoms with van der Waals surface area (Å²) in [5.74, 6) is -0.445. The van der Waals surface area contributed by atoms with Crippen LogP contribution in [0.15, 0.2) is 57.2 Å². The topological polar surface area (TPSA) is 68.5 Å². The number of aryl methyl sites for hydroxylation is 1. The maximum absolute atomic E-state index is 12.8. The molecule has 2 aromatic carbocycles. The summed E-state index contributed by atoms with van der Waals surface area (Å²) in [6.07, 6.45) is 2.02. The van der Waals surface area contributed by atoms with Gasteiger partial charge in [-0.05, 0) is 63.4 Å². The van der Waals surface area contributed by atoms with E-state index in [0.29, 0.717) is 11.3 Å². The molecule has 0 atom stereocenters. The summed E-state index contributed by atoms with van der Waals surface area (Å²) in [4.78, 5) is 19.0. The number of aromatic nitrogens is 1. The van der Waals surface area contributed by atoms with Crippen LogP contribution in [0.4, 0.5) is 0 Å². The van der Waals surface area contributed by atoms with Crippen LogP contribution in [0.2, 0.25) is 0 Å². The van der Waals surface area contributed by atoms with Crippen molar-refractivity contribution < 1.29 is 13.2 Å². The zero-order chi connectivity index (χ0) is 20.5. The van der Waals surface area contributed by atoms with E-state index in [1.54, 1.807) is 37.7 Å². The third kappa shape index (κ3) is 3.94. The van der Waals surface area contributed by atoms with E-state index in [4.69, 9.17) is 0 Å². The number of fused-ring (bicyclic) bond motifs is 1. The predicted molar refractivity (Wildman–Crippen MR) is 116 cm³/mol. The lowest BCUT2D eigenvalue weighted by molar-refractivity contribution is 0.0997. The van der Waals surface area contributed by atoms with Gasteiger partial charge in [0.2, 0.25) is 0 Å². The van der Waals surface area contributed by atoms with Crippen molar-refractivity contribution in [2.24, 2.45) is 4.99 Å². The van der Waals surface area contributed by atoms with Crippen molar-refractivity contribution in [1.82, 2.24) is 4.57 Å². The van der Waals surface area contributed by atoms with Crippen LogP contribution in [0.1, 0.15) is 31.1 Å². The number of benzene rings is 2. The molecular formula is C20H22N2O3S3. The molecule has 0 bridgehead atoms. The zero-order valence-electron chi connectivity index (χ0n) is 16.2. The number of hydrogen-bond donors (Lipinski definition) is 0. The van der Waals surface area contributed by atoms with Gasteiger partial charge in [0.25, 0.3) is 5.91 Å². The first kappa shape index (κ1) is 20.8. The van der Waals surface area contributed by atoms with Gasteiger partial charge in [-0.1, -0.05) is 17.4 Å². The second-order valence-corrected chi connectivity index (χ2v) is 10.9. The van der Waals surface area contributed by atoms with Gasteiger partial charge in [0.15, 0.2) is 14.6 Å². The molecule has 5 nitrogen and oxygen atoms in total. The first-order chi connectivity index (χ1) is 13.3. The Balaban J connectivity index is 2.08. The molecular weight excluding hydrogens is 412 g/mol. The van der Waals surface area contributed by atoms with Gasteiger partial charge in [0, 0.05) is 17.0 Å². The summed E-state index contributed by atoms with van der Waals surface area (Å²) in [7, 11) is -3.45. The van der Waals surface area contributed by atoms with Crippen LogP contribution in [-0.4, -0.2) is 30.4 Å². The Kier molecular flexibility index (Phi) is 6.12. The Morgan fingerprint density at radius 3 is 2.61 bits per heavy atom. The van der Waals surface area contributed by atoms with Gasteiger partial charge in [-0.25, -0.2) is 8.42 Å². The molecule has 0 spiro atoms. The van der Waals surface area contributed by atoms with Crippen molar-refractivity contribution in [3.05, 3.63) is 52.8 Å². The Morgan fingerprint density at radius 2 is 1.96 bits per heavy atom. The highest BCUT2D eigenvalue weighted by atomic mass is 32.2. The van der Waals surface area contributed by atoms with Crippen molar-refractivity contribution in [1.29, 1.82) is 0 Å². The van der Waals surface area contributed by atoms with Crippen LogP contribution in [0.25, 0.3) is 10.2 Å². The first-order valence-corrected chi connectivity index (χ1v) is 12.5. The minimum absolute atomic E-state index is 0.146. The Labute approximate surface area is 173 Å². The molecule has 148 valence electrons. The molecule has 3 aromatic rings. The molecule has 0 unspecified atom stereocenters. The van der Waals surface area contributed by atoms with E-state index in [0.717, 1.165) is 15.1 Å². The van der Waals surface area contributed by atoms with Gasteiger partial charge >= 0.3 is 0 Å². The SMILES string of the molecule is CCn1c(=NC(=O)c2cccc(S(=O)(=O)C(C)C)c2)sc2cc(SC)ccc21. The number of carbonyl (C=O) groups excluding carboxylic acids is 1. The fourth-order valence-electron chi connectivity index (χ4n) is 2.80. The number of carbonyl (C=O) groups is 1. The minimum atomic E-state index is -3.45. The van der Waals surface area contributed by atoms with Crippen LogP contribution in [0.5, 0.6) is 0 Å². The van der Waals surface area contributed by atoms with Crippen LogP contribution in [0, 0.1) is 0 Å². The lowest BCUT2D eigenvalue weighted by Gasteiger charge is -2.08. The number of thiazole rings is 1. The van der Waals surface area contributed by atoms with Gasteiger partial charge in [0.05, 0.1) is 20.4 Å². The van der Waals surface area contributed by atoms with E-state index in [2.05, 4.69) is 17.1 Å². The molecule has 0 aliphatic carbocycles. The molecule has 0 radical (unpaired) electrons. The van der Waals surface area contributed by atoms with Gasteiger partial charge < -0.3 is 4.57 Å². The summed E-state index contributed by atoms with van der Waals surface area (Å²) < 4.78 is 27.9. The van der Waals surface area contributed by atoms with Gasteiger partial charge in [-0.2, -0.15) is 4.99 Å². The van der Waals surface area contributed by atoms with E-state index < -0.39 is 21.0 Å². The number of amides is 1. The molecule has 0 fully saturated rings. The first-order valence-electron chi connectivity index (χ1n) is 8.88. The highest BCUT2D eigenvalue weighted by molar-refractivity contribution is 7.98. The van der Waals surface area contributed by atoms with Crippen LogP contribution in [0.3, 0.4) is 0 Å². The summed E-state index contributed by atoms with van der Waals surface area (Å²) in [6, 6.07) is 12.3. The second-order valence-electron chi connectivity index (χ2n) is 6.50. The summed E-state index contributed by atoms with van der Waals surface area (Å²) >= 11 is 3.13. The smallest absolute Gasteiger partial charge is 0.279 e. The maximum atomic E-state index is 12.8. The average molecular weight is 435 g/mol. The summed E-state index contributed by atoms with van der Waals surface area (Å²) in [5.41, 5.74) is 1.31. The number of thioether (sulfide) groups is 1. The largest absolute Gasteiger partial charge is 0.317 e. The molecule has 3 rings (SSSR count). The van der Waals surface area contributed by atoms with Gasteiger partial charge in [-0.3, -0.25) is 4.79 Å². The van der Waals surface area contributed by atoms with Crippen molar-refractivity contribution >= 4 is 49.1 Å². The number of nitrogens with zero attached hydrogens (tertiary/aromatic N) is 2. The third-order valence-corrected chi connectivity index (χ3v) is 8.35. The summed E-state index contributed by atoms with van der Waals surface area (Å²) in [5, 5.41) is -0.551. The molecule has 8 heteroatoms.